The van der Waals surface area contributed by atoms with Crippen LogP contribution in [0.2, 0.25) is 0 Å². The van der Waals surface area contributed by atoms with Crippen LogP contribution in [0, 0.1) is 5.92 Å². The lowest BCUT2D eigenvalue weighted by atomic mass is 9.95. The molecule has 0 aliphatic heterocycles. The number of anilines is 1. The van der Waals surface area contributed by atoms with Gasteiger partial charge in [0.05, 0.1) is 0 Å². The van der Waals surface area contributed by atoms with E-state index in [0.29, 0.717) is 17.7 Å². The Kier molecular flexibility index (Phi) is 5.39. The first-order chi connectivity index (χ1) is 9.65. The fraction of sp³-hybridized carbons (Fsp3) is 0.625. The van der Waals surface area contributed by atoms with Gasteiger partial charge in [0.1, 0.15) is 5.69 Å². The quantitative estimate of drug-likeness (QED) is 0.867. The van der Waals surface area contributed by atoms with Crippen molar-refractivity contribution in [2.45, 2.75) is 52.0 Å². The average molecular weight is 275 g/mol. The van der Waals surface area contributed by atoms with Gasteiger partial charge in [-0.2, -0.15) is 0 Å². The lowest BCUT2D eigenvalue weighted by Gasteiger charge is -2.22. The van der Waals surface area contributed by atoms with Crippen molar-refractivity contribution >= 4 is 11.6 Å². The Morgan fingerprint density at radius 2 is 2.10 bits per heavy atom. The van der Waals surface area contributed by atoms with Gasteiger partial charge in [0.15, 0.2) is 0 Å². The summed E-state index contributed by atoms with van der Waals surface area (Å²) in [7, 11) is 0. The molecule has 0 spiro atoms. The van der Waals surface area contributed by atoms with E-state index in [0.717, 1.165) is 25.1 Å². The zero-order chi connectivity index (χ0) is 14.4. The zero-order valence-electron chi connectivity index (χ0n) is 12.5. The fourth-order valence-electron chi connectivity index (χ4n) is 2.49. The van der Waals surface area contributed by atoms with E-state index in [2.05, 4.69) is 29.5 Å². The van der Waals surface area contributed by atoms with Crippen LogP contribution in [0.25, 0.3) is 0 Å². The number of aromatic nitrogens is 1. The molecule has 1 heterocycles. The van der Waals surface area contributed by atoms with Crippen LogP contribution in [0.1, 0.15) is 56.4 Å². The van der Waals surface area contributed by atoms with Gasteiger partial charge in [0.2, 0.25) is 0 Å². The predicted molar refractivity (Wildman–Crippen MR) is 81.9 cm³/mol. The van der Waals surface area contributed by atoms with Crippen molar-refractivity contribution in [2.75, 3.05) is 11.9 Å². The molecule has 0 radical (unpaired) electrons. The summed E-state index contributed by atoms with van der Waals surface area (Å²) in [5.74, 6) is 0.521. The molecular formula is C16H25N3O. The van der Waals surface area contributed by atoms with Crippen molar-refractivity contribution in [1.29, 1.82) is 0 Å². The molecule has 2 N–H and O–H groups in total. The normalized spacial score (nSPS) is 16.1. The van der Waals surface area contributed by atoms with Crippen molar-refractivity contribution in [3.8, 4) is 0 Å². The molecule has 1 saturated carbocycles. The third kappa shape index (κ3) is 4.51. The SMILES string of the molecule is CC(C)CNc1ccnc(C(=O)NC2CCCCC2)c1. The molecule has 1 fully saturated rings. The van der Waals surface area contributed by atoms with E-state index < -0.39 is 0 Å². The third-order valence-electron chi connectivity index (χ3n) is 3.65. The van der Waals surface area contributed by atoms with E-state index in [4.69, 9.17) is 0 Å². The van der Waals surface area contributed by atoms with Gasteiger partial charge in [0, 0.05) is 24.5 Å². The smallest absolute Gasteiger partial charge is 0.270 e. The van der Waals surface area contributed by atoms with E-state index in [1.54, 1.807) is 6.20 Å². The van der Waals surface area contributed by atoms with Crippen LogP contribution < -0.4 is 10.6 Å². The van der Waals surface area contributed by atoms with Gasteiger partial charge in [-0.1, -0.05) is 33.1 Å². The molecule has 20 heavy (non-hydrogen) atoms. The van der Waals surface area contributed by atoms with Gasteiger partial charge >= 0.3 is 0 Å². The van der Waals surface area contributed by atoms with Crippen molar-refractivity contribution in [3.63, 3.8) is 0 Å². The van der Waals surface area contributed by atoms with Crippen LogP contribution in [0.3, 0.4) is 0 Å². The number of nitrogens with zero attached hydrogens (tertiary/aromatic N) is 1. The van der Waals surface area contributed by atoms with E-state index in [1.807, 2.05) is 12.1 Å². The van der Waals surface area contributed by atoms with E-state index in [9.17, 15) is 4.79 Å². The van der Waals surface area contributed by atoms with Gasteiger partial charge in [-0.25, -0.2) is 0 Å². The highest BCUT2D eigenvalue weighted by molar-refractivity contribution is 5.93. The van der Waals surface area contributed by atoms with Crippen molar-refractivity contribution in [2.24, 2.45) is 5.92 Å². The Balaban J connectivity index is 1.93. The Morgan fingerprint density at radius 1 is 1.35 bits per heavy atom. The van der Waals surface area contributed by atoms with Crippen LogP contribution in [0.4, 0.5) is 5.69 Å². The summed E-state index contributed by atoms with van der Waals surface area (Å²) in [6.07, 6.45) is 7.61. The van der Waals surface area contributed by atoms with Crippen LogP contribution in [-0.4, -0.2) is 23.5 Å². The number of carbonyl (C=O) groups excluding carboxylic acids is 1. The Labute approximate surface area is 121 Å². The topological polar surface area (TPSA) is 54.0 Å². The standard InChI is InChI=1S/C16H25N3O/c1-12(2)11-18-14-8-9-17-15(10-14)16(20)19-13-6-4-3-5-7-13/h8-10,12-13H,3-7,11H2,1-2H3,(H,17,18)(H,19,20). The molecule has 0 saturated heterocycles. The van der Waals surface area contributed by atoms with Crippen molar-refractivity contribution in [1.82, 2.24) is 10.3 Å². The number of hydrogen-bond donors (Lipinski definition) is 2. The van der Waals surface area contributed by atoms with Crippen LogP contribution in [-0.2, 0) is 0 Å². The van der Waals surface area contributed by atoms with Gasteiger partial charge in [-0.05, 0) is 30.9 Å². The van der Waals surface area contributed by atoms with Crippen LogP contribution in [0.5, 0.6) is 0 Å². The maximum absolute atomic E-state index is 12.2. The highest BCUT2D eigenvalue weighted by Crippen LogP contribution is 2.18. The van der Waals surface area contributed by atoms with E-state index in [-0.39, 0.29) is 5.91 Å². The van der Waals surface area contributed by atoms with Crippen molar-refractivity contribution < 1.29 is 4.79 Å². The van der Waals surface area contributed by atoms with Crippen LogP contribution in [0.15, 0.2) is 18.3 Å². The number of hydrogen-bond acceptors (Lipinski definition) is 3. The first-order valence-corrected chi connectivity index (χ1v) is 7.66. The Morgan fingerprint density at radius 3 is 2.80 bits per heavy atom. The minimum Gasteiger partial charge on any atom is -0.385 e. The Hall–Kier alpha value is -1.58. The number of pyridine rings is 1. The molecule has 0 bridgehead atoms. The first kappa shape index (κ1) is 14.8. The second-order valence-electron chi connectivity index (χ2n) is 6.01. The maximum atomic E-state index is 12.2. The molecule has 1 aliphatic carbocycles. The summed E-state index contributed by atoms with van der Waals surface area (Å²) in [6.45, 7) is 5.21. The van der Waals surface area contributed by atoms with Gasteiger partial charge in [-0.15, -0.1) is 0 Å². The summed E-state index contributed by atoms with van der Waals surface area (Å²) >= 11 is 0. The lowest BCUT2D eigenvalue weighted by Crippen LogP contribution is -2.36. The fourth-order valence-corrected chi connectivity index (χ4v) is 2.49. The molecule has 0 aromatic carbocycles. The second kappa shape index (κ2) is 7.27. The minimum absolute atomic E-state index is 0.0508. The van der Waals surface area contributed by atoms with Crippen LogP contribution >= 0.6 is 0 Å². The molecule has 0 unspecified atom stereocenters. The molecular weight excluding hydrogens is 250 g/mol. The van der Waals surface area contributed by atoms with E-state index >= 15 is 0 Å². The van der Waals surface area contributed by atoms with Crippen molar-refractivity contribution in [3.05, 3.63) is 24.0 Å². The summed E-state index contributed by atoms with van der Waals surface area (Å²) in [6, 6.07) is 4.06. The number of carbonyl (C=O) groups is 1. The lowest BCUT2D eigenvalue weighted by molar-refractivity contribution is 0.0922. The van der Waals surface area contributed by atoms with Gasteiger partial charge in [-0.3, -0.25) is 9.78 Å². The highest BCUT2D eigenvalue weighted by atomic mass is 16.1. The number of amides is 1. The molecule has 1 aliphatic rings. The average Bonchev–Trinajstić information content (AvgIpc) is 2.46. The summed E-state index contributed by atoms with van der Waals surface area (Å²) in [4.78, 5) is 16.4. The highest BCUT2D eigenvalue weighted by Gasteiger charge is 2.17. The minimum atomic E-state index is -0.0508. The molecule has 1 aromatic heterocycles. The summed E-state index contributed by atoms with van der Waals surface area (Å²) in [5.41, 5.74) is 1.46. The molecule has 1 amide bonds. The summed E-state index contributed by atoms with van der Waals surface area (Å²) in [5, 5.41) is 6.42. The summed E-state index contributed by atoms with van der Waals surface area (Å²) < 4.78 is 0. The predicted octanol–water partition coefficient (Wildman–Crippen LogP) is 3.21. The zero-order valence-corrected chi connectivity index (χ0v) is 12.5. The van der Waals surface area contributed by atoms with Gasteiger partial charge in [0.25, 0.3) is 5.91 Å². The maximum Gasteiger partial charge on any atom is 0.270 e. The number of nitrogens with one attached hydrogen (secondary N) is 2. The van der Waals surface area contributed by atoms with Gasteiger partial charge < -0.3 is 10.6 Å². The first-order valence-electron chi connectivity index (χ1n) is 7.66. The monoisotopic (exact) mass is 275 g/mol. The molecule has 4 heteroatoms. The second-order valence-corrected chi connectivity index (χ2v) is 6.01. The molecule has 4 nitrogen and oxygen atoms in total. The molecule has 0 atom stereocenters. The Bertz CT molecular complexity index is 439. The third-order valence-corrected chi connectivity index (χ3v) is 3.65. The largest absolute Gasteiger partial charge is 0.385 e. The molecule has 2 rings (SSSR count). The molecule has 1 aromatic rings. The molecule has 110 valence electrons. The number of rotatable bonds is 5. The van der Waals surface area contributed by atoms with E-state index in [1.165, 1.54) is 19.3 Å².